The topological polar surface area (TPSA) is 74.6 Å². The molecule has 0 aliphatic heterocycles. The van der Waals surface area contributed by atoms with Crippen LogP contribution in [0, 0.1) is 11.8 Å². The molecular weight excluding hydrogens is 410 g/mol. The van der Waals surface area contributed by atoms with Gasteiger partial charge >= 0.3 is 5.97 Å². The average Bonchev–Trinajstić information content (AvgIpc) is 3.20. The van der Waals surface area contributed by atoms with Gasteiger partial charge in [-0.05, 0) is 30.4 Å². The number of hydrogen-bond acceptors (Lipinski definition) is 4. The lowest BCUT2D eigenvalue weighted by molar-refractivity contribution is -0.137. The van der Waals surface area contributed by atoms with Crippen molar-refractivity contribution in [2.24, 2.45) is 11.8 Å². The molecule has 4 nitrogen and oxygen atoms in total. The van der Waals surface area contributed by atoms with E-state index in [9.17, 15) is 23.5 Å². The van der Waals surface area contributed by atoms with Crippen molar-refractivity contribution in [3.63, 3.8) is 0 Å². The van der Waals surface area contributed by atoms with E-state index in [2.05, 4.69) is 0 Å². The van der Waals surface area contributed by atoms with Gasteiger partial charge in [-0.1, -0.05) is 49.6 Å². The van der Waals surface area contributed by atoms with Gasteiger partial charge in [0, 0.05) is 27.8 Å². The fraction of sp³-hybridized carbons (Fsp3) is 0.478. The Morgan fingerprint density at radius 3 is 2.70 bits per heavy atom. The summed E-state index contributed by atoms with van der Waals surface area (Å²) in [6, 6.07) is 9.59. The summed E-state index contributed by atoms with van der Waals surface area (Å²) in [4.78, 5) is 23.5. The molecule has 7 heteroatoms. The predicted molar refractivity (Wildman–Crippen MR) is 113 cm³/mol. The number of Topliss-reactive ketones (excluding diaryl/α,β-unsaturated/α-hetero) is 1. The molecule has 3 rings (SSSR count). The Hall–Kier alpha value is -2.12. The van der Waals surface area contributed by atoms with Crippen LogP contribution < -0.4 is 0 Å². The number of unbranched alkanes of at least 4 members (excludes halogenated alkanes) is 3. The Kier molecular flexibility index (Phi) is 7.36. The second-order valence-electron chi connectivity index (χ2n) is 7.90. The summed E-state index contributed by atoms with van der Waals surface area (Å²) in [5, 5.41) is 20.1. The van der Waals surface area contributed by atoms with E-state index in [1.807, 2.05) is 30.3 Å². The van der Waals surface area contributed by atoms with Crippen LogP contribution in [-0.4, -0.2) is 27.9 Å². The van der Waals surface area contributed by atoms with Crippen molar-refractivity contribution in [1.82, 2.24) is 0 Å². The number of carbonyl (C=O) groups excluding carboxylic acids is 1. The molecule has 0 bridgehead atoms. The third kappa shape index (κ3) is 5.52. The lowest BCUT2D eigenvalue weighted by Crippen LogP contribution is -2.25. The number of aliphatic carboxylic acids is 1. The van der Waals surface area contributed by atoms with Crippen molar-refractivity contribution in [1.29, 1.82) is 0 Å². The Balaban J connectivity index is 1.61. The Labute approximate surface area is 178 Å². The first kappa shape index (κ1) is 22.6. The third-order valence-corrected chi connectivity index (χ3v) is 6.84. The summed E-state index contributed by atoms with van der Waals surface area (Å²) < 4.78 is 29.8. The summed E-state index contributed by atoms with van der Waals surface area (Å²) in [6.07, 6.45) is 3.88. The number of rotatable bonds is 10. The number of aliphatic hydroxyl groups is 1. The Morgan fingerprint density at radius 2 is 1.97 bits per heavy atom. The fourth-order valence-corrected chi connectivity index (χ4v) is 5.09. The highest BCUT2D eigenvalue weighted by molar-refractivity contribution is 7.19. The number of allylic oxidation sites excluding steroid dienone is 1. The first-order chi connectivity index (χ1) is 14.3. The molecule has 1 aromatic carbocycles. The molecule has 30 heavy (non-hydrogen) atoms. The molecule has 2 aromatic rings. The largest absolute Gasteiger partial charge is 0.481 e. The molecule has 1 heterocycles. The molecule has 1 fully saturated rings. The van der Waals surface area contributed by atoms with Gasteiger partial charge in [-0.25, -0.2) is 8.78 Å². The van der Waals surface area contributed by atoms with E-state index in [0.29, 0.717) is 30.6 Å². The summed E-state index contributed by atoms with van der Waals surface area (Å²) in [5.74, 6) is -6.37. The van der Waals surface area contributed by atoms with Crippen LogP contribution in [0.25, 0.3) is 10.1 Å². The van der Waals surface area contributed by atoms with Gasteiger partial charge in [0.2, 0.25) is 0 Å². The first-order valence-corrected chi connectivity index (χ1v) is 11.1. The summed E-state index contributed by atoms with van der Waals surface area (Å²) in [5.41, 5.74) is 0. The van der Waals surface area contributed by atoms with Gasteiger partial charge in [0.25, 0.3) is 5.92 Å². The molecule has 1 saturated carbocycles. The van der Waals surface area contributed by atoms with E-state index in [0.717, 1.165) is 10.1 Å². The summed E-state index contributed by atoms with van der Waals surface area (Å²) >= 11 is 1.44. The van der Waals surface area contributed by atoms with Gasteiger partial charge in [-0.2, -0.15) is 0 Å². The van der Waals surface area contributed by atoms with Gasteiger partial charge < -0.3 is 10.2 Å². The van der Waals surface area contributed by atoms with Crippen molar-refractivity contribution in [3.8, 4) is 0 Å². The van der Waals surface area contributed by atoms with Gasteiger partial charge in [-0.3, -0.25) is 9.59 Å². The number of alkyl halides is 2. The number of ketones is 1. The normalized spacial score (nSPS) is 22.2. The molecule has 1 aromatic heterocycles. The second-order valence-corrected chi connectivity index (χ2v) is 9.01. The van der Waals surface area contributed by atoms with E-state index in [1.165, 1.54) is 23.5 Å². The van der Waals surface area contributed by atoms with Crippen molar-refractivity contribution in [2.75, 3.05) is 0 Å². The number of fused-ring (bicyclic) bond motifs is 1. The Morgan fingerprint density at radius 1 is 1.23 bits per heavy atom. The summed E-state index contributed by atoms with van der Waals surface area (Å²) in [7, 11) is 0. The van der Waals surface area contributed by atoms with Crippen LogP contribution in [-0.2, 0) is 9.59 Å². The van der Waals surface area contributed by atoms with Crippen molar-refractivity contribution >= 4 is 33.2 Å². The number of aliphatic hydroxyl groups excluding tert-OH is 1. The van der Waals surface area contributed by atoms with E-state index < -0.39 is 42.0 Å². The van der Waals surface area contributed by atoms with Gasteiger partial charge in [-0.15, -0.1) is 11.3 Å². The van der Waals surface area contributed by atoms with Crippen molar-refractivity contribution in [3.05, 3.63) is 47.4 Å². The maximum Gasteiger partial charge on any atom is 0.303 e. The fourth-order valence-electron chi connectivity index (χ4n) is 4.06. The Bertz CT molecular complexity index is 888. The SMILES string of the molecule is O=C(O)CCCCCC[C@@H]1[C@@H](/C=C/[C@@H](O)c2cc3ccccc3s2)C(=O)CC1(F)F. The number of carbonyl (C=O) groups is 2. The molecule has 1 aliphatic rings. The van der Waals surface area contributed by atoms with Crippen LogP contribution in [0.3, 0.4) is 0 Å². The zero-order valence-corrected chi connectivity index (χ0v) is 17.4. The maximum absolute atomic E-state index is 14.4. The van der Waals surface area contributed by atoms with Crippen LogP contribution >= 0.6 is 11.3 Å². The molecule has 0 amide bonds. The lowest BCUT2D eigenvalue weighted by Gasteiger charge is -2.21. The number of benzene rings is 1. The standard InChI is InChI=1S/C23H26F2O4S/c24-23(25)14-19(27)16(17(23)8-3-1-2-4-10-22(28)29)11-12-18(26)21-13-15-7-5-6-9-20(15)30-21/h5-7,9,11-13,16-18,26H,1-4,8,10,14H2,(H,28,29)/b12-11+/t16-,17-,18-/m1/s1. The zero-order chi connectivity index (χ0) is 21.7. The maximum atomic E-state index is 14.4. The van der Waals surface area contributed by atoms with Gasteiger partial charge in [0.05, 0.1) is 6.42 Å². The molecule has 0 unspecified atom stereocenters. The molecule has 1 aliphatic carbocycles. The van der Waals surface area contributed by atoms with Crippen LogP contribution in [0.2, 0.25) is 0 Å². The third-order valence-electron chi connectivity index (χ3n) is 5.65. The van der Waals surface area contributed by atoms with E-state index in [1.54, 1.807) is 0 Å². The highest BCUT2D eigenvalue weighted by Gasteiger charge is 2.53. The van der Waals surface area contributed by atoms with Crippen LogP contribution in [0.1, 0.15) is 55.9 Å². The average molecular weight is 437 g/mol. The van der Waals surface area contributed by atoms with Crippen LogP contribution in [0.4, 0.5) is 8.78 Å². The minimum atomic E-state index is -3.05. The number of thiophene rings is 1. The van der Waals surface area contributed by atoms with E-state index in [-0.39, 0.29) is 12.8 Å². The highest BCUT2D eigenvalue weighted by Crippen LogP contribution is 2.46. The minimum Gasteiger partial charge on any atom is -0.481 e. The number of carboxylic acid groups (broad SMARTS) is 1. The smallest absolute Gasteiger partial charge is 0.303 e. The quantitative estimate of drug-likeness (QED) is 0.367. The molecule has 162 valence electrons. The molecule has 0 spiro atoms. The molecule has 0 radical (unpaired) electrons. The van der Waals surface area contributed by atoms with Gasteiger partial charge in [0.1, 0.15) is 11.9 Å². The molecule has 3 atom stereocenters. The monoisotopic (exact) mass is 436 g/mol. The number of halogens is 2. The number of carboxylic acids is 1. The molecule has 2 N–H and O–H groups in total. The zero-order valence-electron chi connectivity index (χ0n) is 16.6. The summed E-state index contributed by atoms with van der Waals surface area (Å²) in [6.45, 7) is 0. The predicted octanol–water partition coefficient (Wildman–Crippen LogP) is 5.76. The van der Waals surface area contributed by atoms with Crippen LogP contribution in [0.15, 0.2) is 42.5 Å². The van der Waals surface area contributed by atoms with E-state index in [4.69, 9.17) is 5.11 Å². The molecule has 0 saturated heterocycles. The van der Waals surface area contributed by atoms with Crippen LogP contribution in [0.5, 0.6) is 0 Å². The lowest BCUT2D eigenvalue weighted by atomic mass is 9.88. The second kappa shape index (κ2) is 9.79. The molecular formula is C23H26F2O4S. The van der Waals surface area contributed by atoms with Gasteiger partial charge in [0.15, 0.2) is 0 Å². The van der Waals surface area contributed by atoms with Crippen molar-refractivity contribution < 1.29 is 28.6 Å². The highest BCUT2D eigenvalue weighted by atomic mass is 32.1. The van der Waals surface area contributed by atoms with Crippen molar-refractivity contribution in [2.45, 2.75) is 57.0 Å². The first-order valence-electron chi connectivity index (χ1n) is 10.2. The number of hydrogen-bond donors (Lipinski definition) is 2. The minimum absolute atomic E-state index is 0.0824. The van der Waals surface area contributed by atoms with E-state index >= 15 is 0 Å².